The van der Waals surface area contributed by atoms with Crippen LogP contribution >= 0.6 is 0 Å². The van der Waals surface area contributed by atoms with Crippen LogP contribution in [0.15, 0.2) is 23.1 Å². The van der Waals surface area contributed by atoms with Crippen LogP contribution in [0.2, 0.25) is 0 Å². The molecule has 0 aliphatic rings. The van der Waals surface area contributed by atoms with E-state index in [0.717, 1.165) is 10.4 Å². The molecule has 106 valence electrons. The average Bonchev–Trinajstić information content (AvgIpc) is 2.36. The molecule has 0 spiro atoms. The number of nitro groups is 1. The van der Waals surface area contributed by atoms with Crippen LogP contribution in [-0.4, -0.2) is 30.7 Å². The first-order chi connectivity index (χ1) is 8.71. The van der Waals surface area contributed by atoms with E-state index < -0.39 is 14.9 Å². The number of anilines is 1. The molecule has 0 aliphatic heterocycles. The van der Waals surface area contributed by atoms with Crippen molar-refractivity contribution in [3.05, 3.63) is 28.3 Å². The molecule has 0 atom stereocenters. The highest BCUT2D eigenvalue weighted by atomic mass is 32.2. The summed E-state index contributed by atoms with van der Waals surface area (Å²) < 4.78 is 25.5. The number of sulfonamides is 1. The van der Waals surface area contributed by atoms with Crippen LogP contribution in [0, 0.1) is 10.1 Å². The molecule has 3 N–H and O–H groups in total. The first kappa shape index (κ1) is 15.3. The van der Waals surface area contributed by atoms with Gasteiger partial charge in [-0.25, -0.2) is 8.42 Å². The monoisotopic (exact) mass is 288 g/mol. The van der Waals surface area contributed by atoms with Crippen LogP contribution in [0.3, 0.4) is 0 Å². The van der Waals surface area contributed by atoms with E-state index in [-0.39, 0.29) is 22.3 Å². The highest BCUT2D eigenvalue weighted by Gasteiger charge is 2.26. The van der Waals surface area contributed by atoms with E-state index >= 15 is 0 Å². The lowest BCUT2D eigenvalue weighted by molar-refractivity contribution is -0.384. The molecule has 0 bridgehead atoms. The molecular formula is C10H16N4O4S. The summed E-state index contributed by atoms with van der Waals surface area (Å²) in [5.74, 6) is 5.14. The number of nitrogens with one attached hydrogen (secondary N) is 1. The quantitative estimate of drug-likeness (QED) is 0.472. The zero-order chi connectivity index (χ0) is 14.8. The first-order valence-electron chi connectivity index (χ1n) is 5.45. The molecule has 1 rings (SSSR count). The van der Waals surface area contributed by atoms with Crippen molar-refractivity contribution in [1.82, 2.24) is 4.31 Å². The smallest absolute Gasteiger partial charge is 0.294 e. The van der Waals surface area contributed by atoms with E-state index in [4.69, 9.17) is 5.84 Å². The van der Waals surface area contributed by atoms with Gasteiger partial charge in [-0.1, -0.05) is 0 Å². The molecule has 0 aliphatic carbocycles. The van der Waals surface area contributed by atoms with Gasteiger partial charge >= 0.3 is 0 Å². The number of nitrogen functional groups attached to an aromatic ring is 1. The standard InChI is InChI=1S/C10H16N4O4S/c1-7(2)13(3)19(17,18)8-4-5-9(12-11)10(6-8)14(15)16/h4-7,12H,11H2,1-3H3. The second-order valence-electron chi connectivity index (χ2n) is 4.20. The fourth-order valence-corrected chi connectivity index (χ4v) is 2.78. The molecule has 9 heteroatoms. The lowest BCUT2D eigenvalue weighted by Gasteiger charge is -2.21. The number of hydrazine groups is 1. The number of rotatable bonds is 5. The Morgan fingerprint density at radius 1 is 1.42 bits per heavy atom. The van der Waals surface area contributed by atoms with Crippen molar-refractivity contribution in [3.63, 3.8) is 0 Å². The largest absolute Gasteiger partial charge is 0.318 e. The molecule has 0 saturated heterocycles. The number of hydrogen-bond donors (Lipinski definition) is 2. The van der Waals surface area contributed by atoms with Crippen LogP contribution in [-0.2, 0) is 10.0 Å². The summed E-state index contributed by atoms with van der Waals surface area (Å²) in [5, 5.41) is 10.9. The lowest BCUT2D eigenvalue weighted by atomic mass is 10.3. The third kappa shape index (κ3) is 3.00. The van der Waals surface area contributed by atoms with Crippen LogP contribution < -0.4 is 11.3 Å². The van der Waals surface area contributed by atoms with Gasteiger partial charge in [-0.15, -0.1) is 0 Å². The van der Waals surface area contributed by atoms with Gasteiger partial charge in [0.05, 0.1) is 9.82 Å². The highest BCUT2D eigenvalue weighted by Crippen LogP contribution is 2.28. The minimum Gasteiger partial charge on any atom is -0.318 e. The Morgan fingerprint density at radius 2 is 2.00 bits per heavy atom. The molecule has 0 heterocycles. The summed E-state index contributed by atoms with van der Waals surface area (Å²) >= 11 is 0. The second-order valence-corrected chi connectivity index (χ2v) is 6.19. The maximum atomic E-state index is 12.2. The van der Waals surface area contributed by atoms with Crippen molar-refractivity contribution >= 4 is 21.4 Å². The van der Waals surface area contributed by atoms with Crippen molar-refractivity contribution in [1.29, 1.82) is 0 Å². The minimum absolute atomic E-state index is 0.0520. The molecule has 0 saturated carbocycles. The Hall–Kier alpha value is -1.71. The maximum absolute atomic E-state index is 12.2. The maximum Gasteiger partial charge on any atom is 0.294 e. The second kappa shape index (κ2) is 5.51. The fraction of sp³-hybridized carbons (Fsp3) is 0.400. The molecule has 0 aromatic heterocycles. The van der Waals surface area contributed by atoms with Gasteiger partial charge in [-0.05, 0) is 26.0 Å². The van der Waals surface area contributed by atoms with E-state index in [1.807, 2.05) is 0 Å². The van der Waals surface area contributed by atoms with Gasteiger partial charge < -0.3 is 5.43 Å². The molecule has 1 aromatic rings. The lowest BCUT2D eigenvalue weighted by Crippen LogP contribution is -2.33. The highest BCUT2D eigenvalue weighted by molar-refractivity contribution is 7.89. The summed E-state index contributed by atoms with van der Waals surface area (Å²) in [4.78, 5) is 10.0. The van der Waals surface area contributed by atoms with Crippen molar-refractivity contribution in [3.8, 4) is 0 Å². The van der Waals surface area contributed by atoms with Gasteiger partial charge in [0, 0.05) is 19.2 Å². The minimum atomic E-state index is -3.76. The zero-order valence-electron chi connectivity index (χ0n) is 10.8. The molecule has 0 unspecified atom stereocenters. The van der Waals surface area contributed by atoms with Crippen LogP contribution in [0.1, 0.15) is 13.8 Å². The third-order valence-corrected chi connectivity index (χ3v) is 4.76. The molecule has 0 radical (unpaired) electrons. The molecular weight excluding hydrogens is 272 g/mol. The normalized spacial score (nSPS) is 11.9. The zero-order valence-corrected chi connectivity index (χ0v) is 11.6. The topological polar surface area (TPSA) is 119 Å². The Morgan fingerprint density at radius 3 is 2.42 bits per heavy atom. The number of hydrogen-bond acceptors (Lipinski definition) is 6. The van der Waals surface area contributed by atoms with E-state index in [0.29, 0.717) is 0 Å². The third-order valence-electron chi connectivity index (χ3n) is 2.73. The van der Waals surface area contributed by atoms with Crippen molar-refractivity contribution < 1.29 is 13.3 Å². The molecule has 19 heavy (non-hydrogen) atoms. The molecule has 1 aromatic carbocycles. The Labute approximate surface area is 111 Å². The molecule has 0 fully saturated rings. The van der Waals surface area contributed by atoms with Crippen molar-refractivity contribution in [2.45, 2.75) is 24.8 Å². The number of nitro benzene ring substituents is 1. The van der Waals surface area contributed by atoms with Gasteiger partial charge in [0.25, 0.3) is 5.69 Å². The van der Waals surface area contributed by atoms with Crippen LogP contribution in [0.25, 0.3) is 0 Å². The summed E-state index contributed by atoms with van der Waals surface area (Å²) in [7, 11) is -2.34. The SMILES string of the molecule is CC(C)N(C)S(=O)(=O)c1ccc(NN)c([N+](=O)[O-])c1. The molecule has 0 amide bonds. The average molecular weight is 288 g/mol. The number of nitrogens with two attached hydrogens (primary N) is 1. The van der Waals surface area contributed by atoms with Gasteiger partial charge in [-0.2, -0.15) is 4.31 Å². The van der Waals surface area contributed by atoms with Gasteiger partial charge in [0.2, 0.25) is 10.0 Å². The Balaban J connectivity index is 3.38. The van der Waals surface area contributed by atoms with Crippen molar-refractivity contribution in [2.75, 3.05) is 12.5 Å². The number of nitrogens with zero attached hydrogens (tertiary/aromatic N) is 2. The van der Waals surface area contributed by atoms with Crippen molar-refractivity contribution in [2.24, 2.45) is 5.84 Å². The van der Waals surface area contributed by atoms with E-state index in [9.17, 15) is 18.5 Å². The Kier molecular flexibility index (Phi) is 4.45. The van der Waals surface area contributed by atoms with Gasteiger partial charge in [-0.3, -0.25) is 16.0 Å². The molecule has 8 nitrogen and oxygen atoms in total. The first-order valence-corrected chi connectivity index (χ1v) is 6.89. The Bertz CT molecular complexity index is 585. The van der Waals surface area contributed by atoms with Gasteiger partial charge in [0.15, 0.2) is 0 Å². The van der Waals surface area contributed by atoms with Crippen LogP contribution in [0.4, 0.5) is 11.4 Å². The van der Waals surface area contributed by atoms with Gasteiger partial charge in [0.1, 0.15) is 5.69 Å². The van der Waals surface area contributed by atoms with Crippen LogP contribution in [0.5, 0.6) is 0 Å². The summed E-state index contributed by atoms with van der Waals surface area (Å²) in [6, 6.07) is 3.27. The van der Waals surface area contributed by atoms with E-state index in [1.54, 1.807) is 13.8 Å². The summed E-state index contributed by atoms with van der Waals surface area (Å²) in [6.45, 7) is 3.42. The van der Waals surface area contributed by atoms with E-state index in [2.05, 4.69) is 5.43 Å². The summed E-state index contributed by atoms with van der Waals surface area (Å²) in [6.07, 6.45) is 0. The fourth-order valence-electron chi connectivity index (χ4n) is 1.39. The predicted octanol–water partition coefficient (Wildman–Crippen LogP) is 0.909. The summed E-state index contributed by atoms with van der Waals surface area (Å²) in [5.41, 5.74) is 1.82. The predicted molar refractivity (Wildman–Crippen MR) is 71.0 cm³/mol. The van der Waals surface area contributed by atoms with E-state index in [1.165, 1.54) is 19.2 Å². The number of benzene rings is 1.